The summed E-state index contributed by atoms with van der Waals surface area (Å²) in [6.45, 7) is 3.42. The highest BCUT2D eigenvalue weighted by Crippen LogP contribution is 2.30. The van der Waals surface area contributed by atoms with Gasteiger partial charge in [0.15, 0.2) is 10.7 Å². The number of benzene rings is 2. The van der Waals surface area contributed by atoms with Crippen molar-refractivity contribution in [1.29, 1.82) is 0 Å². The van der Waals surface area contributed by atoms with Crippen molar-refractivity contribution in [3.8, 4) is 0 Å². The van der Waals surface area contributed by atoms with Crippen LogP contribution < -0.4 is 5.32 Å². The number of nitrogens with one attached hydrogen (secondary N) is 1. The summed E-state index contributed by atoms with van der Waals surface area (Å²) in [5, 5.41) is 6.50. The first kappa shape index (κ1) is 24.7. The van der Waals surface area contributed by atoms with Gasteiger partial charge in [-0.3, -0.25) is 4.79 Å². The Bertz CT molecular complexity index is 1380. The molecular weight excluding hydrogens is 476 g/mol. The van der Waals surface area contributed by atoms with Crippen molar-refractivity contribution in [2.45, 2.75) is 31.6 Å². The third-order valence-corrected chi connectivity index (χ3v) is 8.07. The fourth-order valence-electron chi connectivity index (χ4n) is 3.98. The second-order valence-electron chi connectivity index (χ2n) is 8.45. The van der Waals surface area contributed by atoms with Crippen LogP contribution in [0.2, 0.25) is 0 Å². The van der Waals surface area contributed by atoms with Crippen molar-refractivity contribution >= 4 is 33.8 Å². The van der Waals surface area contributed by atoms with Crippen molar-refractivity contribution < 1.29 is 26.5 Å². The third-order valence-electron chi connectivity index (χ3n) is 6.01. The maximum absolute atomic E-state index is 13.9. The molecule has 0 atom stereocenters. The van der Waals surface area contributed by atoms with Gasteiger partial charge in [-0.15, -0.1) is 0 Å². The Hall–Kier alpha value is -3.37. The van der Waals surface area contributed by atoms with E-state index in [9.17, 15) is 22.0 Å². The zero-order valence-electron chi connectivity index (χ0n) is 19.3. The van der Waals surface area contributed by atoms with Gasteiger partial charge in [-0.1, -0.05) is 29.4 Å². The van der Waals surface area contributed by atoms with E-state index >= 15 is 0 Å². The van der Waals surface area contributed by atoms with Gasteiger partial charge >= 0.3 is 0 Å². The molecule has 0 bridgehead atoms. The van der Waals surface area contributed by atoms with Crippen molar-refractivity contribution in [3.63, 3.8) is 0 Å². The van der Waals surface area contributed by atoms with E-state index < -0.39 is 27.6 Å². The Morgan fingerprint density at radius 1 is 1.09 bits per heavy atom. The first-order valence-corrected chi connectivity index (χ1v) is 12.6. The van der Waals surface area contributed by atoms with Crippen LogP contribution in [0.15, 0.2) is 51.9 Å². The molecule has 2 aromatic carbocycles. The highest BCUT2D eigenvalue weighted by Gasteiger charge is 2.36. The van der Waals surface area contributed by atoms with Crippen LogP contribution in [0, 0.1) is 31.4 Å². The lowest BCUT2D eigenvalue weighted by atomic mass is 9.97. The van der Waals surface area contributed by atoms with E-state index in [4.69, 9.17) is 4.52 Å². The van der Waals surface area contributed by atoms with Gasteiger partial charge in [0.1, 0.15) is 17.3 Å². The Morgan fingerprint density at radius 2 is 1.80 bits per heavy atom. The Balaban J connectivity index is 1.45. The quantitative estimate of drug-likeness (QED) is 0.525. The van der Waals surface area contributed by atoms with Crippen molar-refractivity contribution in [2.75, 3.05) is 18.4 Å². The van der Waals surface area contributed by atoms with Gasteiger partial charge in [0, 0.05) is 30.3 Å². The topological polar surface area (TPSA) is 92.5 Å². The highest BCUT2D eigenvalue weighted by molar-refractivity contribution is 7.89. The number of rotatable bonds is 6. The second kappa shape index (κ2) is 10.1. The predicted molar refractivity (Wildman–Crippen MR) is 128 cm³/mol. The average molecular weight is 502 g/mol. The van der Waals surface area contributed by atoms with Crippen molar-refractivity contribution in [1.82, 2.24) is 9.46 Å². The molecule has 3 aromatic rings. The molecule has 0 unspecified atom stereocenters. The molecule has 184 valence electrons. The smallest absolute Gasteiger partial charge is 0.248 e. The number of carbonyl (C=O) groups is 1. The van der Waals surface area contributed by atoms with Crippen LogP contribution in [0.25, 0.3) is 12.2 Å². The van der Waals surface area contributed by atoms with Crippen LogP contribution in [0.3, 0.4) is 0 Å². The van der Waals surface area contributed by atoms with E-state index in [1.165, 1.54) is 35.5 Å². The number of sulfonamides is 1. The molecule has 1 saturated heterocycles. The summed E-state index contributed by atoms with van der Waals surface area (Å²) in [6, 6.07) is 10.6. The molecular formula is C25H25F2N3O4S. The van der Waals surface area contributed by atoms with Crippen molar-refractivity contribution in [2.24, 2.45) is 5.92 Å². The third kappa shape index (κ3) is 5.33. The van der Waals surface area contributed by atoms with Gasteiger partial charge < -0.3 is 9.84 Å². The van der Waals surface area contributed by atoms with Gasteiger partial charge in [0.25, 0.3) is 0 Å². The molecule has 2 heterocycles. The average Bonchev–Trinajstić information content (AvgIpc) is 3.22. The zero-order chi connectivity index (χ0) is 25.2. The summed E-state index contributed by atoms with van der Waals surface area (Å²) in [5.41, 5.74) is 1.32. The monoisotopic (exact) mass is 501 g/mol. The first-order chi connectivity index (χ1) is 16.7. The fraction of sp³-hybridized carbons (Fsp3) is 0.280. The van der Waals surface area contributed by atoms with E-state index in [0.29, 0.717) is 24.1 Å². The highest BCUT2D eigenvalue weighted by atomic mass is 32.2. The molecule has 1 N–H and O–H groups in total. The number of anilines is 1. The minimum absolute atomic E-state index is 0.00650. The van der Waals surface area contributed by atoms with E-state index in [1.54, 1.807) is 37.3 Å². The molecule has 4 rings (SSSR count). The standard InChI is InChI=1S/C25H25F2N3O4S/c1-16-7-9-20(15-22(16)27)28-25(31)19-11-13-30(14-12-19)35(32,33)24-17(2)29-34-23(24)10-8-18-5-3-4-6-21(18)26/h3-10,15,19H,11-14H2,1-2H3,(H,28,31)/b10-8+. The predicted octanol–water partition coefficient (Wildman–Crippen LogP) is 4.78. The number of aryl methyl sites for hydroxylation is 2. The van der Waals surface area contributed by atoms with Crippen LogP contribution in [-0.2, 0) is 14.8 Å². The zero-order valence-corrected chi connectivity index (χ0v) is 20.1. The molecule has 1 aliphatic heterocycles. The molecule has 0 radical (unpaired) electrons. The second-order valence-corrected chi connectivity index (χ2v) is 10.3. The van der Waals surface area contributed by atoms with Crippen LogP contribution in [0.1, 0.15) is 35.4 Å². The molecule has 1 fully saturated rings. The van der Waals surface area contributed by atoms with E-state index in [0.717, 1.165) is 0 Å². The van der Waals surface area contributed by atoms with Gasteiger partial charge in [0.2, 0.25) is 15.9 Å². The maximum Gasteiger partial charge on any atom is 0.248 e. The van der Waals surface area contributed by atoms with Crippen LogP contribution in [0.5, 0.6) is 0 Å². The van der Waals surface area contributed by atoms with E-state index in [-0.39, 0.29) is 40.9 Å². The molecule has 1 aliphatic rings. The number of hydrogen-bond donors (Lipinski definition) is 1. The maximum atomic E-state index is 13.9. The van der Waals surface area contributed by atoms with E-state index in [1.807, 2.05) is 0 Å². The summed E-state index contributed by atoms with van der Waals surface area (Å²) in [6.07, 6.45) is 3.43. The summed E-state index contributed by atoms with van der Waals surface area (Å²) in [4.78, 5) is 12.6. The molecule has 10 heteroatoms. The number of halogens is 2. The van der Waals surface area contributed by atoms with Crippen LogP contribution in [0.4, 0.5) is 14.5 Å². The molecule has 7 nitrogen and oxygen atoms in total. The number of piperidine rings is 1. The van der Waals surface area contributed by atoms with Gasteiger partial charge in [-0.25, -0.2) is 17.2 Å². The lowest BCUT2D eigenvalue weighted by Gasteiger charge is -2.30. The fourth-order valence-corrected chi connectivity index (χ4v) is 5.70. The van der Waals surface area contributed by atoms with Gasteiger partial charge in [0.05, 0.1) is 0 Å². The lowest BCUT2D eigenvalue weighted by Crippen LogP contribution is -2.41. The Labute approximate surface area is 202 Å². The summed E-state index contributed by atoms with van der Waals surface area (Å²) in [7, 11) is -3.96. The molecule has 0 saturated carbocycles. The van der Waals surface area contributed by atoms with Gasteiger partial charge in [-0.05, 0) is 62.6 Å². The molecule has 0 spiro atoms. The molecule has 1 amide bonds. The molecule has 1 aromatic heterocycles. The summed E-state index contributed by atoms with van der Waals surface area (Å²) >= 11 is 0. The molecule has 0 aliphatic carbocycles. The largest absolute Gasteiger partial charge is 0.355 e. The number of aromatic nitrogens is 1. The number of carbonyl (C=O) groups excluding carboxylic acids is 1. The molecule has 35 heavy (non-hydrogen) atoms. The van der Waals surface area contributed by atoms with Crippen molar-refractivity contribution in [3.05, 3.63) is 76.7 Å². The Kier molecular flexibility index (Phi) is 7.13. The van der Waals surface area contributed by atoms with Gasteiger partial charge in [-0.2, -0.15) is 4.31 Å². The first-order valence-electron chi connectivity index (χ1n) is 11.1. The SMILES string of the molecule is Cc1ccc(NC(=O)C2CCN(S(=O)(=O)c3c(C)noc3/C=C/c3ccccc3F)CC2)cc1F. The number of amides is 1. The Morgan fingerprint density at radius 3 is 2.49 bits per heavy atom. The summed E-state index contributed by atoms with van der Waals surface area (Å²) < 4.78 is 61.0. The minimum Gasteiger partial charge on any atom is -0.355 e. The summed E-state index contributed by atoms with van der Waals surface area (Å²) in [5.74, 6) is -1.53. The van der Waals surface area contributed by atoms with Crippen LogP contribution in [-0.4, -0.2) is 36.9 Å². The minimum atomic E-state index is -3.96. The number of nitrogens with zero attached hydrogens (tertiary/aromatic N) is 2. The lowest BCUT2D eigenvalue weighted by molar-refractivity contribution is -0.120. The normalized spacial score (nSPS) is 15.5. The number of hydrogen-bond acceptors (Lipinski definition) is 5. The van der Waals surface area contributed by atoms with Crippen LogP contribution >= 0.6 is 0 Å². The van der Waals surface area contributed by atoms with E-state index in [2.05, 4.69) is 10.5 Å².